The minimum absolute atomic E-state index is 0.101. The Morgan fingerprint density at radius 1 is 1.09 bits per heavy atom. The van der Waals surface area contributed by atoms with Gasteiger partial charge in [-0.3, -0.25) is 9.69 Å². The monoisotopic (exact) mass is 467 g/mol. The van der Waals surface area contributed by atoms with Crippen LogP contribution in [-0.2, 0) is 0 Å². The zero-order chi connectivity index (χ0) is 22.8. The van der Waals surface area contributed by atoms with Gasteiger partial charge in [-0.05, 0) is 64.7 Å². The van der Waals surface area contributed by atoms with Crippen LogP contribution in [0.3, 0.4) is 0 Å². The highest BCUT2D eigenvalue weighted by atomic mass is 35.5. The summed E-state index contributed by atoms with van der Waals surface area (Å²) in [5.41, 5.74) is 4.18. The molecule has 32 heavy (non-hydrogen) atoms. The summed E-state index contributed by atoms with van der Waals surface area (Å²) in [4.78, 5) is 22.4. The molecule has 166 valence electrons. The zero-order valence-electron chi connectivity index (χ0n) is 18.7. The number of benzene rings is 2. The quantitative estimate of drug-likeness (QED) is 0.367. The maximum absolute atomic E-state index is 13.7. The Kier molecular flexibility index (Phi) is 6.60. The maximum Gasteiger partial charge on any atom is 0.263 e. The Morgan fingerprint density at radius 2 is 1.84 bits per heavy atom. The molecule has 4 rings (SSSR count). The molecule has 0 fully saturated rings. The first-order valence-electron chi connectivity index (χ1n) is 10.5. The third kappa shape index (κ3) is 4.41. The zero-order valence-corrected chi connectivity index (χ0v) is 20.2. The fourth-order valence-electron chi connectivity index (χ4n) is 3.63. The van der Waals surface area contributed by atoms with Crippen molar-refractivity contribution in [2.45, 2.75) is 20.3 Å². The van der Waals surface area contributed by atoms with Crippen LogP contribution in [-0.4, -0.2) is 52.8 Å². The topological polar surface area (TPSA) is 54.3 Å². The Morgan fingerprint density at radius 3 is 2.53 bits per heavy atom. The molecule has 6 nitrogen and oxygen atoms in total. The van der Waals surface area contributed by atoms with Gasteiger partial charge in [-0.2, -0.15) is 5.10 Å². The molecule has 2 aromatic heterocycles. The van der Waals surface area contributed by atoms with Gasteiger partial charge in [0.15, 0.2) is 5.13 Å². The van der Waals surface area contributed by atoms with Crippen molar-refractivity contribution in [3.8, 4) is 5.69 Å². The van der Waals surface area contributed by atoms with Crippen molar-refractivity contribution in [1.82, 2.24) is 19.7 Å². The highest BCUT2D eigenvalue weighted by Gasteiger charge is 2.25. The third-order valence-corrected chi connectivity index (χ3v) is 6.93. The van der Waals surface area contributed by atoms with Crippen LogP contribution in [0.1, 0.15) is 28.0 Å². The highest BCUT2D eigenvalue weighted by Crippen LogP contribution is 2.36. The summed E-state index contributed by atoms with van der Waals surface area (Å²) in [6.07, 6.45) is 2.47. The first kappa shape index (κ1) is 22.5. The number of fused-ring (bicyclic) bond motifs is 1. The third-order valence-electron chi connectivity index (χ3n) is 5.39. The summed E-state index contributed by atoms with van der Waals surface area (Å²) < 4.78 is 2.70. The number of hydrogen-bond acceptors (Lipinski definition) is 5. The van der Waals surface area contributed by atoms with E-state index in [2.05, 4.69) is 10.00 Å². The Hall–Kier alpha value is -2.74. The molecule has 0 spiro atoms. The molecule has 4 aromatic rings. The maximum atomic E-state index is 13.7. The standard InChI is InChI=1S/C24H26ClN5OS/c1-16-11-12-20(25)22-21(16)27-24(32-22)29(14-8-13-28(3)4)23(31)19-15-26-30(17(19)2)18-9-6-5-7-10-18/h5-7,9-12,15H,8,13-14H2,1-4H3. The van der Waals surface area contributed by atoms with Crippen molar-refractivity contribution in [3.63, 3.8) is 0 Å². The number of amides is 1. The molecular weight excluding hydrogens is 442 g/mol. The van der Waals surface area contributed by atoms with Crippen LogP contribution < -0.4 is 4.90 Å². The average molecular weight is 468 g/mol. The Labute approximate surface area is 197 Å². The van der Waals surface area contributed by atoms with Gasteiger partial charge in [0.05, 0.1) is 38.4 Å². The van der Waals surface area contributed by atoms with E-state index in [0.29, 0.717) is 22.3 Å². The lowest BCUT2D eigenvalue weighted by atomic mass is 10.2. The van der Waals surface area contributed by atoms with Crippen LogP contribution in [0.4, 0.5) is 5.13 Å². The SMILES string of the molecule is Cc1ccc(Cl)c2sc(N(CCCN(C)C)C(=O)c3cnn(-c4ccccc4)c3C)nc12. The van der Waals surface area contributed by atoms with Crippen molar-refractivity contribution < 1.29 is 4.79 Å². The van der Waals surface area contributed by atoms with Gasteiger partial charge in [-0.25, -0.2) is 9.67 Å². The molecule has 0 atom stereocenters. The van der Waals surface area contributed by atoms with Crippen LogP contribution >= 0.6 is 22.9 Å². The average Bonchev–Trinajstić information content (AvgIpc) is 3.39. The number of para-hydroxylation sites is 1. The van der Waals surface area contributed by atoms with Crippen molar-refractivity contribution in [1.29, 1.82) is 0 Å². The number of anilines is 1. The normalized spacial score (nSPS) is 11.4. The molecular formula is C24H26ClN5OS. The molecule has 0 unspecified atom stereocenters. The molecule has 1 amide bonds. The first-order chi connectivity index (χ1) is 15.4. The van der Waals surface area contributed by atoms with Gasteiger partial charge in [0, 0.05) is 6.54 Å². The van der Waals surface area contributed by atoms with Crippen molar-refractivity contribution in [3.05, 3.63) is 70.5 Å². The molecule has 0 aliphatic carbocycles. The van der Waals surface area contributed by atoms with Crippen LogP contribution in [0.5, 0.6) is 0 Å². The van der Waals surface area contributed by atoms with Gasteiger partial charge >= 0.3 is 0 Å². The number of carbonyl (C=O) groups excluding carboxylic acids is 1. The van der Waals surface area contributed by atoms with Crippen LogP contribution in [0.2, 0.25) is 5.02 Å². The van der Waals surface area contributed by atoms with Gasteiger partial charge in [0.2, 0.25) is 0 Å². The van der Waals surface area contributed by atoms with E-state index in [1.807, 2.05) is 70.4 Å². The second-order valence-electron chi connectivity index (χ2n) is 8.04. The van der Waals surface area contributed by atoms with E-state index in [1.54, 1.807) is 15.8 Å². The molecule has 8 heteroatoms. The first-order valence-corrected chi connectivity index (χ1v) is 11.7. The van der Waals surface area contributed by atoms with Gasteiger partial charge in [-0.15, -0.1) is 0 Å². The van der Waals surface area contributed by atoms with E-state index in [-0.39, 0.29) is 5.91 Å². The number of rotatable bonds is 7. The molecule has 0 aliphatic rings. The van der Waals surface area contributed by atoms with E-state index in [1.165, 1.54) is 11.3 Å². The minimum atomic E-state index is -0.101. The van der Waals surface area contributed by atoms with Crippen molar-refractivity contribution >= 4 is 44.2 Å². The van der Waals surface area contributed by atoms with Gasteiger partial charge < -0.3 is 4.90 Å². The molecule has 0 saturated heterocycles. The van der Waals surface area contributed by atoms with Crippen LogP contribution in [0.15, 0.2) is 48.7 Å². The van der Waals surface area contributed by atoms with Crippen molar-refractivity contribution in [2.24, 2.45) is 0 Å². The molecule has 0 bridgehead atoms. The van der Waals surface area contributed by atoms with E-state index in [4.69, 9.17) is 16.6 Å². The largest absolute Gasteiger partial charge is 0.309 e. The molecule has 0 N–H and O–H groups in total. The lowest BCUT2D eigenvalue weighted by molar-refractivity contribution is 0.0985. The summed E-state index contributed by atoms with van der Waals surface area (Å²) in [6, 6.07) is 13.7. The molecule has 0 aliphatic heterocycles. The lowest BCUT2D eigenvalue weighted by Crippen LogP contribution is -2.33. The van der Waals surface area contributed by atoms with E-state index in [0.717, 1.165) is 40.1 Å². The summed E-state index contributed by atoms with van der Waals surface area (Å²) >= 11 is 7.89. The number of thiazole rings is 1. The second kappa shape index (κ2) is 9.40. The van der Waals surface area contributed by atoms with E-state index < -0.39 is 0 Å². The number of aryl methyl sites for hydroxylation is 1. The number of nitrogens with zero attached hydrogens (tertiary/aromatic N) is 5. The van der Waals surface area contributed by atoms with Crippen LogP contribution in [0.25, 0.3) is 15.9 Å². The summed E-state index contributed by atoms with van der Waals surface area (Å²) in [7, 11) is 4.06. The van der Waals surface area contributed by atoms with Gasteiger partial charge in [0.1, 0.15) is 0 Å². The molecule has 2 heterocycles. The molecule has 0 radical (unpaired) electrons. The fourth-order valence-corrected chi connectivity index (χ4v) is 4.97. The highest BCUT2D eigenvalue weighted by molar-refractivity contribution is 7.23. The van der Waals surface area contributed by atoms with Crippen LogP contribution in [0, 0.1) is 13.8 Å². The fraction of sp³-hybridized carbons (Fsp3) is 0.292. The smallest absolute Gasteiger partial charge is 0.263 e. The van der Waals surface area contributed by atoms with Crippen molar-refractivity contribution in [2.75, 3.05) is 32.1 Å². The lowest BCUT2D eigenvalue weighted by Gasteiger charge is -2.21. The Balaban J connectivity index is 1.73. The summed E-state index contributed by atoms with van der Waals surface area (Å²) in [5, 5.41) is 5.80. The summed E-state index contributed by atoms with van der Waals surface area (Å²) in [6.45, 7) is 5.36. The molecule has 0 saturated carbocycles. The number of halogens is 1. The predicted molar refractivity (Wildman–Crippen MR) is 133 cm³/mol. The van der Waals surface area contributed by atoms with E-state index in [9.17, 15) is 4.79 Å². The minimum Gasteiger partial charge on any atom is -0.309 e. The van der Waals surface area contributed by atoms with Gasteiger partial charge in [-0.1, -0.05) is 47.2 Å². The number of aromatic nitrogens is 3. The van der Waals surface area contributed by atoms with E-state index >= 15 is 0 Å². The second-order valence-corrected chi connectivity index (χ2v) is 9.43. The summed E-state index contributed by atoms with van der Waals surface area (Å²) in [5.74, 6) is -0.101. The number of carbonyl (C=O) groups is 1. The number of hydrogen-bond donors (Lipinski definition) is 0. The predicted octanol–water partition coefficient (Wildman–Crippen LogP) is 5.35. The molecule has 2 aromatic carbocycles. The van der Waals surface area contributed by atoms with Gasteiger partial charge in [0.25, 0.3) is 5.91 Å². The Bertz CT molecular complexity index is 1210.